The number of nitrogens with zero attached hydrogens (tertiary/aromatic N) is 2. The van der Waals surface area contributed by atoms with E-state index in [4.69, 9.17) is 4.52 Å². The average Bonchev–Trinajstić information content (AvgIpc) is 3.10. The number of hydrogen-bond acceptors (Lipinski definition) is 5. The first-order valence-electron chi connectivity index (χ1n) is 7.19. The number of benzene rings is 1. The minimum atomic E-state index is -0.173. The maximum Gasteiger partial charge on any atom is 0.270 e. The molecule has 0 unspecified atom stereocenters. The highest BCUT2D eigenvalue weighted by Crippen LogP contribution is 2.40. The van der Waals surface area contributed by atoms with Gasteiger partial charge in [0.2, 0.25) is 0 Å². The molecular weight excluding hydrogens is 378 g/mol. The smallest absolute Gasteiger partial charge is 0.270 e. The first-order valence-corrected chi connectivity index (χ1v) is 8.86. The molecule has 1 aliphatic rings. The van der Waals surface area contributed by atoms with Crippen molar-refractivity contribution in [3.05, 3.63) is 51.6 Å². The number of nitrogens with one attached hydrogen (secondary N) is 1. The molecule has 0 bridgehead atoms. The van der Waals surface area contributed by atoms with E-state index >= 15 is 0 Å². The molecule has 1 aromatic carbocycles. The predicted octanol–water partition coefficient (Wildman–Crippen LogP) is 4.69. The van der Waals surface area contributed by atoms with Crippen LogP contribution in [0.2, 0.25) is 0 Å². The lowest BCUT2D eigenvalue weighted by molar-refractivity contribution is 0.102. The summed E-state index contributed by atoms with van der Waals surface area (Å²) in [6, 6.07) is 9.10. The van der Waals surface area contributed by atoms with Gasteiger partial charge in [-0.1, -0.05) is 27.2 Å². The van der Waals surface area contributed by atoms with Crippen molar-refractivity contribution in [2.75, 3.05) is 5.32 Å². The Labute approximate surface area is 144 Å². The van der Waals surface area contributed by atoms with E-state index in [0.717, 1.165) is 28.0 Å². The van der Waals surface area contributed by atoms with E-state index in [9.17, 15) is 4.79 Å². The number of rotatable bonds is 4. The van der Waals surface area contributed by atoms with E-state index in [-0.39, 0.29) is 5.91 Å². The number of carbonyl (C=O) groups excluding carboxylic acids is 1. The van der Waals surface area contributed by atoms with Crippen LogP contribution in [-0.2, 0) is 0 Å². The van der Waals surface area contributed by atoms with Crippen molar-refractivity contribution < 1.29 is 9.32 Å². The molecule has 1 amide bonds. The Morgan fingerprint density at radius 3 is 3.00 bits per heavy atom. The van der Waals surface area contributed by atoms with E-state index in [1.807, 2.05) is 23.6 Å². The van der Waals surface area contributed by atoms with Crippen LogP contribution in [0.1, 0.15) is 34.9 Å². The quantitative estimate of drug-likeness (QED) is 0.702. The van der Waals surface area contributed by atoms with Gasteiger partial charge in [0.15, 0.2) is 5.82 Å². The predicted molar refractivity (Wildman–Crippen MR) is 91.7 cm³/mol. The van der Waals surface area contributed by atoms with Crippen LogP contribution in [0.4, 0.5) is 5.69 Å². The van der Waals surface area contributed by atoms with Gasteiger partial charge in [0.05, 0.1) is 5.69 Å². The van der Waals surface area contributed by atoms with Crippen molar-refractivity contribution in [1.82, 2.24) is 10.1 Å². The average molecular weight is 390 g/mol. The van der Waals surface area contributed by atoms with Gasteiger partial charge in [-0.15, -0.1) is 11.3 Å². The van der Waals surface area contributed by atoms with Crippen LogP contribution in [0.25, 0.3) is 10.8 Å². The van der Waals surface area contributed by atoms with E-state index in [0.29, 0.717) is 23.1 Å². The molecule has 4 rings (SSSR count). The summed E-state index contributed by atoms with van der Waals surface area (Å²) in [6.07, 6.45) is 2.24. The highest BCUT2D eigenvalue weighted by atomic mass is 79.9. The van der Waals surface area contributed by atoms with Gasteiger partial charge in [0, 0.05) is 16.0 Å². The number of halogens is 1. The molecule has 7 heteroatoms. The lowest BCUT2D eigenvalue weighted by atomic mass is 10.2. The molecule has 1 N–H and O–H groups in total. The van der Waals surface area contributed by atoms with Crippen LogP contribution >= 0.6 is 27.3 Å². The molecule has 0 radical (unpaired) electrons. The van der Waals surface area contributed by atoms with E-state index < -0.39 is 0 Å². The second-order valence-electron chi connectivity index (χ2n) is 5.36. The molecule has 5 nitrogen and oxygen atoms in total. The summed E-state index contributed by atoms with van der Waals surface area (Å²) in [7, 11) is 0. The van der Waals surface area contributed by atoms with Gasteiger partial charge in [-0.2, -0.15) is 4.98 Å². The Bertz CT molecular complexity index is 870. The minimum absolute atomic E-state index is 0.173. The van der Waals surface area contributed by atoms with Crippen LogP contribution in [0, 0.1) is 0 Å². The summed E-state index contributed by atoms with van der Waals surface area (Å²) in [6.45, 7) is 0. The van der Waals surface area contributed by atoms with Crippen molar-refractivity contribution in [3.8, 4) is 10.8 Å². The molecule has 0 spiro atoms. The molecule has 1 saturated carbocycles. The zero-order chi connectivity index (χ0) is 15.8. The Morgan fingerprint density at radius 2 is 2.22 bits per heavy atom. The van der Waals surface area contributed by atoms with Crippen molar-refractivity contribution in [1.29, 1.82) is 0 Å². The Morgan fingerprint density at radius 1 is 1.35 bits per heavy atom. The largest absolute Gasteiger partial charge is 0.333 e. The number of hydrogen-bond donors (Lipinski definition) is 1. The van der Waals surface area contributed by atoms with Gasteiger partial charge in [-0.25, -0.2) is 0 Å². The third-order valence-electron chi connectivity index (χ3n) is 3.58. The summed E-state index contributed by atoms with van der Waals surface area (Å²) in [4.78, 5) is 17.6. The van der Waals surface area contributed by atoms with E-state index in [1.165, 1.54) is 11.3 Å². The number of thiophene rings is 1. The summed E-state index contributed by atoms with van der Waals surface area (Å²) >= 11 is 4.84. The van der Waals surface area contributed by atoms with E-state index in [1.54, 1.807) is 12.1 Å². The lowest BCUT2D eigenvalue weighted by Gasteiger charge is -2.05. The van der Waals surface area contributed by atoms with Crippen LogP contribution in [0.5, 0.6) is 0 Å². The highest BCUT2D eigenvalue weighted by Gasteiger charge is 2.29. The standard InChI is InChI=1S/C16H12BrN3O2S/c17-11-3-1-2-10(8-11)15(21)18-12-6-7-23-13(12)16-19-14(20-22-16)9-4-5-9/h1-3,6-9H,4-5H2,(H,18,21). The maximum absolute atomic E-state index is 12.4. The van der Waals surface area contributed by atoms with Crippen LogP contribution in [-0.4, -0.2) is 16.0 Å². The number of anilines is 1. The minimum Gasteiger partial charge on any atom is -0.333 e. The van der Waals surface area contributed by atoms with Gasteiger partial charge < -0.3 is 9.84 Å². The fourth-order valence-electron chi connectivity index (χ4n) is 2.23. The zero-order valence-electron chi connectivity index (χ0n) is 12.0. The summed E-state index contributed by atoms with van der Waals surface area (Å²) in [5.41, 5.74) is 1.27. The Hall–Kier alpha value is -1.99. The fourth-order valence-corrected chi connectivity index (χ4v) is 3.40. The number of aromatic nitrogens is 2. The van der Waals surface area contributed by atoms with Gasteiger partial charge in [0.25, 0.3) is 11.8 Å². The van der Waals surface area contributed by atoms with Crippen molar-refractivity contribution in [2.45, 2.75) is 18.8 Å². The second-order valence-corrected chi connectivity index (χ2v) is 7.19. The van der Waals surface area contributed by atoms with E-state index in [2.05, 4.69) is 31.4 Å². The number of carbonyl (C=O) groups is 1. The highest BCUT2D eigenvalue weighted by molar-refractivity contribution is 9.10. The molecule has 0 saturated heterocycles. The summed E-state index contributed by atoms with van der Waals surface area (Å²) in [5, 5.41) is 8.83. The van der Waals surface area contributed by atoms with Gasteiger partial charge in [-0.05, 0) is 42.5 Å². The Kier molecular flexibility index (Phi) is 3.74. The molecule has 1 aliphatic carbocycles. The first kappa shape index (κ1) is 14.6. The monoisotopic (exact) mass is 389 g/mol. The van der Waals surface area contributed by atoms with Crippen molar-refractivity contribution in [2.24, 2.45) is 0 Å². The molecule has 23 heavy (non-hydrogen) atoms. The topological polar surface area (TPSA) is 68.0 Å². The number of amides is 1. The van der Waals surface area contributed by atoms with Gasteiger partial charge in [0.1, 0.15) is 4.88 Å². The van der Waals surface area contributed by atoms with Crippen LogP contribution in [0.3, 0.4) is 0 Å². The molecule has 3 aromatic rings. The molecule has 0 aliphatic heterocycles. The lowest BCUT2D eigenvalue weighted by Crippen LogP contribution is -2.11. The molecular formula is C16H12BrN3O2S. The molecule has 2 aromatic heterocycles. The SMILES string of the molecule is O=C(Nc1ccsc1-c1nc(C2CC2)no1)c1cccc(Br)c1. The molecule has 0 atom stereocenters. The van der Waals surface area contributed by atoms with Crippen molar-refractivity contribution in [3.63, 3.8) is 0 Å². The fraction of sp³-hybridized carbons (Fsp3) is 0.188. The molecule has 2 heterocycles. The molecule has 116 valence electrons. The third-order valence-corrected chi connectivity index (χ3v) is 4.97. The zero-order valence-corrected chi connectivity index (χ0v) is 14.4. The Balaban J connectivity index is 1.58. The summed E-state index contributed by atoms with van der Waals surface area (Å²) < 4.78 is 6.21. The first-order chi connectivity index (χ1) is 11.2. The molecule has 1 fully saturated rings. The summed E-state index contributed by atoms with van der Waals surface area (Å²) in [5.74, 6) is 1.49. The van der Waals surface area contributed by atoms with Crippen LogP contribution < -0.4 is 5.32 Å². The second kappa shape index (κ2) is 5.90. The maximum atomic E-state index is 12.4. The van der Waals surface area contributed by atoms with Gasteiger partial charge >= 0.3 is 0 Å². The third kappa shape index (κ3) is 3.07. The van der Waals surface area contributed by atoms with Crippen LogP contribution in [0.15, 0.2) is 44.7 Å². The van der Waals surface area contributed by atoms with Gasteiger partial charge in [-0.3, -0.25) is 4.79 Å². The normalized spacial score (nSPS) is 14.0. The van der Waals surface area contributed by atoms with Crippen molar-refractivity contribution >= 4 is 38.9 Å².